The lowest BCUT2D eigenvalue weighted by Crippen LogP contribution is -2.18. The Kier molecular flexibility index (Phi) is 5.85. The highest BCUT2D eigenvalue weighted by molar-refractivity contribution is 6.30. The number of aromatic nitrogens is 2. The lowest BCUT2D eigenvalue weighted by atomic mass is 10.2. The van der Waals surface area contributed by atoms with Crippen LogP contribution < -0.4 is 5.32 Å². The normalized spacial score (nSPS) is 12.5. The summed E-state index contributed by atoms with van der Waals surface area (Å²) in [6.45, 7) is 2.53. The first kappa shape index (κ1) is 18.4. The van der Waals surface area contributed by atoms with E-state index in [1.54, 1.807) is 5.01 Å². The average Bonchev–Trinajstić information content (AvgIpc) is 2.60. The molecule has 0 aliphatic carbocycles. The first-order chi connectivity index (χ1) is 12.5. The maximum absolute atomic E-state index is 6.05. The molecule has 2 aromatic carbocycles. The molecule has 0 radical (unpaired) electrons. The van der Waals surface area contributed by atoms with Gasteiger partial charge >= 0.3 is 0 Å². The minimum atomic E-state index is -0.00236. The summed E-state index contributed by atoms with van der Waals surface area (Å²) in [5, 5.41) is 14.9. The van der Waals surface area contributed by atoms with Crippen LogP contribution in [-0.2, 0) is 0 Å². The van der Waals surface area contributed by atoms with Crippen LogP contribution >= 0.6 is 23.2 Å². The van der Waals surface area contributed by atoms with Gasteiger partial charge in [0.15, 0.2) is 0 Å². The number of anilines is 2. The van der Waals surface area contributed by atoms with E-state index >= 15 is 0 Å². The molecule has 0 aliphatic heterocycles. The van der Waals surface area contributed by atoms with E-state index in [1.165, 1.54) is 6.33 Å². The van der Waals surface area contributed by atoms with Crippen molar-refractivity contribution in [1.82, 2.24) is 15.0 Å². The van der Waals surface area contributed by atoms with Crippen molar-refractivity contribution in [2.45, 2.75) is 12.3 Å². The second-order valence-corrected chi connectivity index (χ2v) is 7.05. The zero-order valence-electron chi connectivity index (χ0n) is 14.4. The fraction of sp³-hybridized carbons (Fsp3) is 0.222. The van der Waals surface area contributed by atoms with Crippen LogP contribution in [0, 0.1) is 0 Å². The standard InChI is InChI=1S/C18H18Cl2N6/c1-12(19)10-26(2)25-24-15-6-7-17-16(9-15)18(22-11-21-17)23-14-5-3-4-13(20)8-14/h3-9,11-12H,10H2,1-2H3,(H,21,22,23). The first-order valence-electron chi connectivity index (χ1n) is 8.05. The number of nitrogens with one attached hydrogen (secondary N) is 1. The lowest BCUT2D eigenvalue weighted by Gasteiger charge is -2.12. The van der Waals surface area contributed by atoms with Gasteiger partial charge in [0.05, 0.1) is 17.7 Å². The maximum Gasteiger partial charge on any atom is 0.141 e. The van der Waals surface area contributed by atoms with Crippen LogP contribution in [0.3, 0.4) is 0 Å². The van der Waals surface area contributed by atoms with Crippen molar-refractivity contribution in [3.8, 4) is 0 Å². The highest BCUT2D eigenvalue weighted by Gasteiger charge is 2.06. The van der Waals surface area contributed by atoms with Gasteiger partial charge in [0.25, 0.3) is 0 Å². The lowest BCUT2D eigenvalue weighted by molar-refractivity contribution is 0.335. The molecule has 8 heteroatoms. The van der Waals surface area contributed by atoms with Crippen molar-refractivity contribution in [2.75, 3.05) is 18.9 Å². The van der Waals surface area contributed by atoms with E-state index in [-0.39, 0.29) is 5.38 Å². The number of hydrogen-bond acceptors (Lipinski definition) is 5. The van der Waals surface area contributed by atoms with E-state index in [2.05, 4.69) is 25.6 Å². The third-order valence-corrected chi connectivity index (χ3v) is 3.91. The van der Waals surface area contributed by atoms with E-state index in [0.29, 0.717) is 23.1 Å². The second-order valence-electron chi connectivity index (χ2n) is 5.87. The summed E-state index contributed by atoms with van der Waals surface area (Å²) in [6, 6.07) is 13.1. The monoisotopic (exact) mass is 388 g/mol. The van der Waals surface area contributed by atoms with Crippen LogP contribution in [0.15, 0.2) is 59.1 Å². The van der Waals surface area contributed by atoms with Crippen LogP contribution in [0.2, 0.25) is 5.02 Å². The van der Waals surface area contributed by atoms with Gasteiger partial charge in [-0.1, -0.05) is 22.9 Å². The molecule has 1 N–H and O–H groups in total. The van der Waals surface area contributed by atoms with Crippen LogP contribution in [0.25, 0.3) is 10.9 Å². The highest BCUT2D eigenvalue weighted by atomic mass is 35.5. The Bertz CT molecular complexity index is 928. The fourth-order valence-electron chi connectivity index (χ4n) is 2.44. The molecule has 1 aromatic heterocycles. The van der Waals surface area contributed by atoms with Crippen molar-refractivity contribution in [3.05, 3.63) is 53.8 Å². The number of fused-ring (bicyclic) bond motifs is 1. The van der Waals surface area contributed by atoms with Crippen molar-refractivity contribution in [1.29, 1.82) is 0 Å². The zero-order valence-corrected chi connectivity index (χ0v) is 15.9. The third-order valence-electron chi connectivity index (χ3n) is 3.53. The summed E-state index contributed by atoms with van der Waals surface area (Å²) in [4.78, 5) is 8.64. The Morgan fingerprint density at radius 1 is 1.19 bits per heavy atom. The SMILES string of the molecule is CC(Cl)CN(C)N=Nc1ccc2ncnc(Nc3cccc(Cl)c3)c2c1. The first-order valence-corrected chi connectivity index (χ1v) is 8.87. The summed E-state index contributed by atoms with van der Waals surface area (Å²) in [5.41, 5.74) is 2.36. The molecule has 1 unspecified atom stereocenters. The van der Waals surface area contributed by atoms with Crippen LogP contribution in [0.4, 0.5) is 17.2 Å². The van der Waals surface area contributed by atoms with Gasteiger partial charge in [-0.15, -0.1) is 16.7 Å². The van der Waals surface area contributed by atoms with Crippen LogP contribution in [0.1, 0.15) is 6.92 Å². The molecule has 0 saturated carbocycles. The molecule has 0 amide bonds. The van der Waals surface area contributed by atoms with Crippen molar-refractivity contribution < 1.29 is 0 Å². The predicted molar refractivity (Wildman–Crippen MR) is 107 cm³/mol. The van der Waals surface area contributed by atoms with E-state index in [9.17, 15) is 0 Å². The summed E-state index contributed by atoms with van der Waals surface area (Å²) in [5.74, 6) is 0.678. The third kappa shape index (κ3) is 4.80. The Hall–Kier alpha value is -2.44. The van der Waals surface area contributed by atoms with Gasteiger partial charge in [0.1, 0.15) is 12.1 Å². The van der Waals surface area contributed by atoms with E-state index in [4.69, 9.17) is 23.2 Å². The molecular formula is C18H18Cl2N6. The largest absolute Gasteiger partial charge is 0.340 e. The average molecular weight is 389 g/mol. The number of nitrogens with zero attached hydrogens (tertiary/aromatic N) is 5. The highest BCUT2D eigenvalue weighted by Crippen LogP contribution is 2.28. The number of rotatable bonds is 6. The smallest absolute Gasteiger partial charge is 0.141 e. The number of alkyl halides is 1. The van der Waals surface area contributed by atoms with Gasteiger partial charge in [0.2, 0.25) is 0 Å². The molecular weight excluding hydrogens is 371 g/mol. The van der Waals surface area contributed by atoms with Crippen molar-refractivity contribution >= 4 is 51.3 Å². The number of hydrogen-bond donors (Lipinski definition) is 1. The molecule has 0 spiro atoms. The zero-order chi connectivity index (χ0) is 18.5. The Balaban J connectivity index is 1.89. The predicted octanol–water partition coefficient (Wildman–Crippen LogP) is 5.58. The molecule has 0 aliphatic rings. The van der Waals surface area contributed by atoms with Crippen LogP contribution in [-0.4, -0.2) is 33.9 Å². The van der Waals surface area contributed by atoms with Gasteiger partial charge in [-0.25, -0.2) is 9.97 Å². The van der Waals surface area contributed by atoms with Crippen molar-refractivity contribution in [3.63, 3.8) is 0 Å². The number of benzene rings is 2. The Morgan fingerprint density at radius 2 is 2.04 bits per heavy atom. The Labute approximate surface area is 161 Å². The molecule has 1 atom stereocenters. The van der Waals surface area contributed by atoms with Gasteiger partial charge in [0, 0.05) is 28.5 Å². The van der Waals surface area contributed by atoms with Crippen LogP contribution in [0.5, 0.6) is 0 Å². The van der Waals surface area contributed by atoms with E-state index in [0.717, 1.165) is 16.6 Å². The summed E-state index contributed by atoms with van der Waals surface area (Å²) in [6.07, 6.45) is 1.52. The van der Waals surface area contributed by atoms with Gasteiger partial charge in [-0.3, -0.25) is 5.01 Å². The molecule has 0 saturated heterocycles. The Morgan fingerprint density at radius 3 is 2.81 bits per heavy atom. The van der Waals surface area contributed by atoms with Gasteiger partial charge < -0.3 is 5.32 Å². The molecule has 26 heavy (non-hydrogen) atoms. The fourth-order valence-corrected chi connectivity index (χ4v) is 2.83. The molecule has 3 rings (SSSR count). The molecule has 134 valence electrons. The molecule has 3 aromatic rings. The maximum atomic E-state index is 6.05. The molecule has 6 nitrogen and oxygen atoms in total. The second kappa shape index (κ2) is 8.29. The number of halogens is 2. The summed E-state index contributed by atoms with van der Waals surface area (Å²) in [7, 11) is 1.83. The van der Waals surface area contributed by atoms with Gasteiger partial charge in [-0.2, -0.15) is 0 Å². The minimum Gasteiger partial charge on any atom is -0.340 e. The van der Waals surface area contributed by atoms with Gasteiger partial charge in [-0.05, 0) is 43.3 Å². The minimum absolute atomic E-state index is 0.00236. The van der Waals surface area contributed by atoms with E-state index < -0.39 is 0 Å². The quantitative estimate of drug-likeness (QED) is 0.339. The molecule has 0 fully saturated rings. The summed E-state index contributed by atoms with van der Waals surface area (Å²) < 4.78 is 0. The molecule has 0 bridgehead atoms. The molecule has 1 heterocycles. The van der Waals surface area contributed by atoms with Crippen molar-refractivity contribution in [2.24, 2.45) is 10.3 Å². The topological polar surface area (TPSA) is 65.8 Å². The summed E-state index contributed by atoms with van der Waals surface area (Å²) >= 11 is 12.0. The van der Waals surface area contributed by atoms with E-state index in [1.807, 2.05) is 56.4 Å².